The number of nitrogens with one attached hydrogen (secondary N) is 1. The zero-order chi connectivity index (χ0) is 31.6. The van der Waals surface area contributed by atoms with Crippen LogP contribution in [0.4, 0.5) is 0 Å². The summed E-state index contributed by atoms with van der Waals surface area (Å²) in [5, 5.41) is 3.04. The smallest absolute Gasteiger partial charge is 0.251 e. The Morgan fingerprint density at radius 2 is 1.49 bits per heavy atom. The second-order valence-electron chi connectivity index (χ2n) is 11.8. The van der Waals surface area contributed by atoms with Crippen molar-refractivity contribution in [3.05, 3.63) is 95.6 Å². The van der Waals surface area contributed by atoms with Gasteiger partial charge in [0.25, 0.3) is 5.91 Å². The zero-order valence-corrected chi connectivity index (χ0v) is 26.6. The molecule has 9 nitrogen and oxygen atoms in total. The van der Waals surface area contributed by atoms with Gasteiger partial charge in [-0.1, -0.05) is 60.7 Å². The van der Waals surface area contributed by atoms with E-state index in [0.717, 1.165) is 25.7 Å². The van der Waals surface area contributed by atoms with E-state index in [4.69, 9.17) is 33.2 Å². The van der Waals surface area contributed by atoms with Gasteiger partial charge in [0.15, 0.2) is 23.6 Å². The van der Waals surface area contributed by atoms with Crippen LogP contribution in [0.5, 0.6) is 11.5 Å². The first-order chi connectivity index (χ1) is 21.9. The third kappa shape index (κ3) is 8.83. The molecule has 2 aliphatic heterocycles. The lowest BCUT2D eigenvalue weighted by atomic mass is 10.0. The van der Waals surface area contributed by atoms with Crippen molar-refractivity contribution in [2.45, 2.75) is 76.0 Å². The molecule has 3 aromatic rings. The fourth-order valence-electron chi connectivity index (χ4n) is 5.83. The van der Waals surface area contributed by atoms with Crippen LogP contribution in [0.15, 0.2) is 78.9 Å². The molecule has 0 aromatic heterocycles. The maximum Gasteiger partial charge on any atom is 0.251 e. The highest BCUT2D eigenvalue weighted by Crippen LogP contribution is 2.40. The van der Waals surface area contributed by atoms with E-state index in [9.17, 15) is 4.79 Å². The number of carbonyl (C=O) groups is 1. The minimum absolute atomic E-state index is 0.204. The van der Waals surface area contributed by atoms with Gasteiger partial charge in [0.05, 0.1) is 14.2 Å². The summed E-state index contributed by atoms with van der Waals surface area (Å²) in [4.78, 5) is 13.3. The molecule has 1 amide bonds. The Morgan fingerprint density at radius 3 is 2.13 bits per heavy atom. The van der Waals surface area contributed by atoms with Crippen molar-refractivity contribution < 1.29 is 38.0 Å². The molecule has 5 atom stereocenters. The van der Waals surface area contributed by atoms with Crippen molar-refractivity contribution >= 4 is 5.91 Å². The number of aryl methyl sites for hydroxylation is 2. The van der Waals surface area contributed by atoms with Gasteiger partial charge in [-0.2, -0.15) is 0 Å². The fraction of sp³-hybridized carbons (Fsp3) is 0.472. The molecule has 0 saturated carbocycles. The minimum atomic E-state index is -0.792. The molecule has 0 aliphatic carbocycles. The summed E-state index contributed by atoms with van der Waals surface area (Å²) >= 11 is 0. The Labute approximate surface area is 266 Å². The highest BCUT2D eigenvalue weighted by Gasteiger charge is 2.57. The quantitative estimate of drug-likeness (QED) is 0.215. The van der Waals surface area contributed by atoms with Crippen molar-refractivity contribution in [1.82, 2.24) is 5.32 Å². The van der Waals surface area contributed by atoms with Gasteiger partial charge in [-0.25, -0.2) is 0 Å². The van der Waals surface area contributed by atoms with Gasteiger partial charge in [0.1, 0.15) is 24.4 Å². The Hall–Kier alpha value is -3.47. The van der Waals surface area contributed by atoms with Gasteiger partial charge in [-0.3, -0.25) is 4.79 Å². The molecule has 242 valence electrons. The van der Waals surface area contributed by atoms with Crippen LogP contribution < -0.4 is 14.8 Å². The molecule has 1 N–H and O–H groups in total. The number of ether oxygens (including phenoxy) is 7. The topological polar surface area (TPSA) is 93.7 Å². The highest BCUT2D eigenvalue weighted by molar-refractivity contribution is 5.94. The molecule has 2 fully saturated rings. The first-order valence-electron chi connectivity index (χ1n) is 15.7. The predicted octanol–water partition coefficient (Wildman–Crippen LogP) is 5.35. The number of benzene rings is 3. The van der Waals surface area contributed by atoms with Gasteiger partial charge in [-0.05, 0) is 68.9 Å². The lowest BCUT2D eigenvalue weighted by Crippen LogP contribution is -2.48. The van der Waals surface area contributed by atoms with E-state index in [-0.39, 0.29) is 12.5 Å². The van der Waals surface area contributed by atoms with Crippen LogP contribution in [-0.4, -0.2) is 76.4 Å². The summed E-state index contributed by atoms with van der Waals surface area (Å²) in [6, 6.07) is 25.7. The average Bonchev–Trinajstić information content (AvgIpc) is 3.54. The third-order valence-corrected chi connectivity index (χ3v) is 8.05. The minimum Gasteiger partial charge on any atom is -0.493 e. The SMILES string of the molecule is COc1ccc(C(=O)NC[C@@H](OCCCc2ccccc2)[C@H]2O[C@@H]3OC(C)(C)O[C@@H]3[C@H]2OCCCc2ccccc2)cc1OC. The van der Waals surface area contributed by atoms with E-state index in [1.165, 1.54) is 11.1 Å². The van der Waals surface area contributed by atoms with E-state index in [1.807, 2.05) is 50.2 Å². The van der Waals surface area contributed by atoms with E-state index in [1.54, 1.807) is 32.4 Å². The zero-order valence-electron chi connectivity index (χ0n) is 26.6. The van der Waals surface area contributed by atoms with E-state index in [2.05, 4.69) is 29.6 Å². The van der Waals surface area contributed by atoms with Gasteiger partial charge in [0.2, 0.25) is 0 Å². The van der Waals surface area contributed by atoms with Crippen LogP contribution in [0, 0.1) is 0 Å². The summed E-state index contributed by atoms with van der Waals surface area (Å²) in [7, 11) is 3.10. The number of hydrogen-bond donors (Lipinski definition) is 1. The second kappa shape index (κ2) is 15.7. The number of methoxy groups -OCH3 is 2. The van der Waals surface area contributed by atoms with Gasteiger partial charge >= 0.3 is 0 Å². The molecular weight excluding hydrogens is 574 g/mol. The standard InChI is InChI=1S/C36H45NO8/c1-36(2)44-33-32(42-22-12-18-26-15-9-6-10-16-26)31(43-35(33)45-36)30(41-21-11-17-25-13-7-5-8-14-25)24-37-34(38)27-19-20-28(39-3)29(23-27)40-4/h5-10,13-16,19-20,23,30-33,35H,11-12,17-18,21-22,24H2,1-4H3,(H,37,38)/t30-,31-,32+,33-,35-/m1/s1. The summed E-state index contributed by atoms with van der Waals surface area (Å²) in [5.41, 5.74) is 2.95. The van der Waals surface area contributed by atoms with Crippen LogP contribution in [0.2, 0.25) is 0 Å². The van der Waals surface area contributed by atoms with Crippen LogP contribution in [0.25, 0.3) is 0 Å². The van der Waals surface area contributed by atoms with Crippen molar-refractivity contribution in [3.8, 4) is 11.5 Å². The Kier molecular flexibility index (Phi) is 11.5. The number of amides is 1. The summed E-state index contributed by atoms with van der Waals surface area (Å²) in [6.45, 7) is 4.95. The highest BCUT2D eigenvalue weighted by atomic mass is 16.8. The molecule has 2 aliphatic rings. The molecule has 2 heterocycles. The third-order valence-electron chi connectivity index (χ3n) is 8.05. The van der Waals surface area contributed by atoms with Gasteiger partial charge in [0, 0.05) is 25.3 Å². The molecule has 0 spiro atoms. The molecule has 3 aromatic carbocycles. The van der Waals surface area contributed by atoms with E-state index >= 15 is 0 Å². The van der Waals surface area contributed by atoms with Crippen molar-refractivity contribution in [3.63, 3.8) is 0 Å². The average molecular weight is 620 g/mol. The molecule has 45 heavy (non-hydrogen) atoms. The van der Waals surface area contributed by atoms with Crippen molar-refractivity contribution in [2.24, 2.45) is 0 Å². The predicted molar refractivity (Wildman–Crippen MR) is 170 cm³/mol. The molecule has 0 radical (unpaired) electrons. The first kappa shape index (κ1) is 32.9. The molecule has 9 heteroatoms. The number of fused-ring (bicyclic) bond motifs is 1. The monoisotopic (exact) mass is 619 g/mol. The fourth-order valence-corrected chi connectivity index (χ4v) is 5.83. The molecule has 0 unspecified atom stereocenters. The molecule has 5 rings (SSSR count). The number of carbonyl (C=O) groups excluding carboxylic acids is 1. The number of hydrogen-bond acceptors (Lipinski definition) is 8. The summed E-state index contributed by atoms with van der Waals surface area (Å²) in [5.74, 6) is -0.0259. The van der Waals surface area contributed by atoms with Crippen LogP contribution in [0.1, 0.15) is 48.2 Å². The van der Waals surface area contributed by atoms with Crippen LogP contribution in [0.3, 0.4) is 0 Å². The maximum absolute atomic E-state index is 13.3. The van der Waals surface area contributed by atoms with Gasteiger partial charge < -0.3 is 38.5 Å². The Bertz CT molecular complexity index is 1350. The summed E-state index contributed by atoms with van der Waals surface area (Å²) in [6.07, 6.45) is 0.948. The molecular formula is C36H45NO8. The lowest BCUT2D eigenvalue weighted by molar-refractivity contribution is -0.232. The lowest BCUT2D eigenvalue weighted by Gasteiger charge is -2.31. The van der Waals surface area contributed by atoms with Crippen LogP contribution in [-0.2, 0) is 36.5 Å². The Morgan fingerprint density at radius 1 is 0.844 bits per heavy atom. The number of rotatable bonds is 16. The Balaban J connectivity index is 1.27. The summed E-state index contributed by atoms with van der Waals surface area (Å²) < 4.78 is 42.5. The molecule has 0 bridgehead atoms. The van der Waals surface area contributed by atoms with E-state index in [0.29, 0.717) is 30.3 Å². The normalized spacial score (nSPS) is 22.5. The molecule has 2 saturated heterocycles. The maximum atomic E-state index is 13.3. The van der Waals surface area contributed by atoms with E-state index < -0.39 is 36.5 Å². The first-order valence-corrected chi connectivity index (χ1v) is 15.7. The second-order valence-corrected chi connectivity index (χ2v) is 11.8. The van der Waals surface area contributed by atoms with Crippen molar-refractivity contribution in [2.75, 3.05) is 34.0 Å². The largest absolute Gasteiger partial charge is 0.493 e. The van der Waals surface area contributed by atoms with Gasteiger partial charge in [-0.15, -0.1) is 0 Å². The van der Waals surface area contributed by atoms with Crippen molar-refractivity contribution in [1.29, 1.82) is 0 Å². The van der Waals surface area contributed by atoms with Crippen LogP contribution >= 0.6 is 0 Å².